The standard InChI is InChI=1S/C9H12ClNO2S/c1-6-5-8(3-4-9(6)10)14(12,13)7(2)11/h3-5,7H,11H2,1-2H3. The molecule has 0 radical (unpaired) electrons. The molecule has 0 aromatic heterocycles. The summed E-state index contributed by atoms with van der Waals surface area (Å²) in [6, 6.07) is 4.56. The Labute approximate surface area is 88.8 Å². The Hall–Kier alpha value is -0.580. The summed E-state index contributed by atoms with van der Waals surface area (Å²) in [6.45, 7) is 3.20. The zero-order valence-electron chi connectivity index (χ0n) is 7.99. The van der Waals surface area contributed by atoms with Gasteiger partial charge in [0.15, 0.2) is 9.84 Å². The molecule has 2 N–H and O–H groups in total. The van der Waals surface area contributed by atoms with Crippen molar-refractivity contribution in [3.05, 3.63) is 28.8 Å². The summed E-state index contributed by atoms with van der Waals surface area (Å²) in [5, 5.41) is -0.350. The van der Waals surface area contributed by atoms with Crippen LogP contribution in [0.15, 0.2) is 23.1 Å². The summed E-state index contributed by atoms with van der Waals surface area (Å²) in [5.41, 5.74) is 6.10. The molecule has 0 aliphatic carbocycles. The molecule has 0 fully saturated rings. The quantitative estimate of drug-likeness (QED) is 0.846. The number of halogens is 1. The van der Waals surface area contributed by atoms with Crippen LogP contribution in [0.25, 0.3) is 0 Å². The predicted molar refractivity (Wildman–Crippen MR) is 57.0 cm³/mol. The minimum atomic E-state index is -3.40. The maximum Gasteiger partial charge on any atom is 0.193 e. The average Bonchev–Trinajstić information content (AvgIpc) is 2.09. The summed E-state index contributed by atoms with van der Waals surface area (Å²) < 4.78 is 23.3. The van der Waals surface area contributed by atoms with E-state index >= 15 is 0 Å². The molecule has 14 heavy (non-hydrogen) atoms. The van der Waals surface area contributed by atoms with E-state index in [1.54, 1.807) is 13.0 Å². The van der Waals surface area contributed by atoms with E-state index in [0.717, 1.165) is 5.56 Å². The first-order valence-corrected chi connectivity index (χ1v) is 6.04. The van der Waals surface area contributed by atoms with Crippen LogP contribution in [-0.4, -0.2) is 13.8 Å². The molecule has 3 nitrogen and oxygen atoms in total. The van der Waals surface area contributed by atoms with Crippen molar-refractivity contribution in [2.45, 2.75) is 24.1 Å². The lowest BCUT2D eigenvalue weighted by Gasteiger charge is -2.08. The van der Waals surface area contributed by atoms with Gasteiger partial charge in [-0.25, -0.2) is 8.42 Å². The SMILES string of the molecule is Cc1cc(S(=O)(=O)C(C)N)ccc1Cl. The number of aryl methyl sites for hydroxylation is 1. The smallest absolute Gasteiger partial charge is 0.193 e. The molecule has 1 aromatic carbocycles. The summed E-state index contributed by atoms with van der Waals surface area (Å²) in [7, 11) is -3.40. The van der Waals surface area contributed by atoms with E-state index in [2.05, 4.69) is 0 Å². The van der Waals surface area contributed by atoms with Crippen LogP contribution in [0.4, 0.5) is 0 Å². The van der Waals surface area contributed by atoms with Gasteiger partial charge in [0.1, 0.15) is 5.37 Å². The molecule has 0 saturated heterocycles. The average molecular weight is 234 g/mol. The molecule has 78 valence electrons. The molecule has 1 atom stereocenters. The van der Waals surface area contributed by atoms with Crippen LogP contribution in [-0.2, 0) is 9.84 Å². The Kier molecular flexibility index (Phi) is 3.19. The third-order valence-electron chi connectivity index (χ3n) is 1.95. The Morgan fingerprint density at radius 1 is 1.43 bits per heavy atom. The molecule has 1 unspecified atom stereocenters. The summed E-state index contributed by atoms with van der Waals surface area (Å²) >= 11 is 5.78. The third-order valence-corrected chi connectivity index (χ3v) is 4.26. The highest BCUT2D eigenvalue weighted by molar-refractivity contribution is 7.92. The van der Waals surface area contributed by atoms with Crippen molar-refractivity contribution in [2.24, 2.45) is 5.73 Å². The number of rotatable bonds is 2. The molecule has 0 heterocycles. The second-order valence-corrected chi connectivity index (χ2v) is 5.87. The van der Waals surface area contributed by atoms with Crippen molar-refractivity contribution >= 4 is 21.4 Å². The first kappa shape index (κ1) is 11.5. The van der Waals surface area contributed by atoms with Crippen LogP contribution < -0.4 is 5.73 Å². The minimum Gasteiger partial charge on any atom is -0.315 e. The molecule has 0 amide bonds. The lowest BCUT2D eigenvalue weighted by molar-refractivity contribution is 0.585. The number of benzene rings is 1. The van der Waals surface area contributed by atoms with Crippen LogP contribution >= 0.6 is 11.6 Å². The highest BCUT2D eigenvalue weighted by Gasteiger charge is 2.19. The Balaban J connectivity index is 3.29. The van der Waals surface area contributed by atoms with Gasteiger partial charge in [0.2, 0.25) is 0 Å². The fourth-order valence-electron chi connectivity index (χ4n) is 1.01. The number of hydrogen-bond acceptors (Lipinski definition) is 3. The summed E-state index contributed by atoms with van der Waals surface area (Å²) in [4.78, 5) is 0.217. The van der Waals surface area contributed by atoms with E-state index in [9.17, 15) is 8.42 Å². The van der Waals surface area contributed by atoms with Crippen molar-refractivity contribution in [2.75, 3.05) is 0 Å². The Morgan fingerprint density at radius 2 is 2.00 bits per heavy atom. The van der Waals surface area contributed by atoms with Gasteiger partial charge in [-0.15, -0.1) is 0 Å². The summed E-state index contributed by atoms with van der Waals surface area (Å²) in [5.74, 6) is 0. The monoisotopic (exact) mass is 233 g/mol. The van der Waals surface area contributed by atoms with Crippen LogP contribution in [0.2, 0.25) is 5.02 Å². The second kappa shape index (κ2) is 3.88. The van der Waals surface area contributed by atoms with E-state index in [4.69, 9.17) is 17.3 Å². The van der Waals surface area contributed by atoms with Gasteiger partial charge in [-0.1, -0.05) is 11.6 Å². The summed E-state index contributed by atoms with van der Waals surface area (Å²) in [6.07, 6.45) is 0. The second-order valence-electron chi connectivity index (χ2n) is 3.16. The van der Waals surface area contributed by atoms with Gasteiger partial charge in [-0.05, 0) is 37.6 Å². The fraction of sp³-hybridized carbons (Fsp3) is 0.333. The van der Waals surface area contributed by atoms with Gasteiger partial charge in [-0.2, -0.15) is 0 Å². The zero-order chi connectivity index (χ0) is 10.9. The van der Waals surface area contributed by atoms with E-state index < -0.39 is 15.2 Å². The van der Waals surface area contributed by atoms with Gasteiger partial charge >= 0.3 is 0 Å². The van der Waals surface area contributed by atoms with Crippen LogP contribution in [0.3, 0.4) is 0 Å². The molecular formula is C9H12ClNO2S. The number of nitrogens with two attached hydrogens (primary N) is 1. The molecule has 0 bridgehead atoms. The zero-order valence-corrected chi connectivity index (χ0v) is 9.56. The van der Waals surface area contributed by atoms with Crippen LogP contribution in [0.5, 0.6) is 0 Å². The van der Waals surface area contributed by atoms with Gasteiger partial charge in [0.05, 0.1) is 4.90 Å². The van der Waals surface area contributed by atoms with Gasteiger partial charge < -0.3 is 5.73 Å². The minimum absolute atomic E-state index is 0.217. The van der Waals surface area contributed by atoms with Crippen molar-refractivity contribution in [1.82, 2.24) is 0 Å². The maximum atomic E-state index is 11.6. The molecule has 0 aliphatic heterocycles. The normalized spacial score (nSPS) is 14.0. The molecular weight excluding hydrogens is 222 g/mol. The highest BCUT2D eigenvalue weighted by Crippen LogP contribution is 2.21. The molecule has 5 heteroatoms. The lowest BCUT2D eigenvalue weighted by atomic mass is 10.2. The van der Waals surface area contributed by atoms with Crippen LogP contribution in [0, 0.1) is 6.92 Å². The first-order valence-electron chi connectivity index (χ1n) is 4.11. The third kappa shape index (κ3) is 2.08. The van der Waals surface area contributed by atoms with Gasteiger partial charge in [-0.3, -0.25) is 0 Å². The van der Waals surface area contributed by atoms with E-state index in [-0.39, 0.29) is 4.90 Å². The predicted octanol–water partition coefficient (Wildman–Crippen LogP) is 1.73. The lowest BCUT2D eigenvalue weighted by Crippen LogP contribution is -2.26. The molecule has 0 saturated carbocycles. The van der Waals surface area contributed by atoms with Gasteiger partial charge in [0, 0.05) is 5.02 Å². The fourth-order valence-corrected chi connectivity index (χ4v) is 2.15. The molecule has 1 rings (SSSR count). The molecule has 1 aromatic rings. The highest BCUT2D eigenvalue weighted by atomic mass is 35.5. The van der Waals surface area contributed by atoms with Gasteiger partial charge in [0.25, 0.3) is 0 Å². The maximum absolute atomic E-state index is 11.6. The van der Waals surface area contributed by atoms with Crippen molar-refractivity contribution in [1.29, 1.82) is 0 Å². The van der Waals surface area contributed by atoms with Crippen molar-refractivity contribution in [3.63, 3.8) is 0 Å². The Morgan fingerprint density at radius 3 is 2.43 bits per heavy atom. The van der Waals surface area contributed by atoms with E-state index in [1.165, 1.54) is 19.1 Å². The number of sulfone groups is 1. The Bertz CT molecular complexity index is 440. The first-order chi connectivity index (χ1) is 6.35. The van der Waals surface area contributed by atoms with E-state index in [1.807, 2.05) is 0 Å². The largest absolute Gasteiger partial charge is 0.315 e. The topological polar surface area (TPSA) is 60.2 Å². The molecule has 0 aliphatic rings. The van der Waals surface area contributed by atoms with E-state index in [0.29, 0.717) is 5.02 Å². The molecule has 0 spiro atoms. The van der Waals surface area contributed by atoms with Crippen LogP contribution in [0.1, 0.15) is 12.5 Å². The van der Waals surface area contributed by atoms with Crippen molar-refractivity contribution in [3.8, 4) is 0 Å². The van der Waals surface area contributed by atoms with Crippen molar-refractivity contribution < 1.29 is 8.42 Å². The number of hydrogen-bond donors (Lipinski definition) is 1.